The SMILES string of the molecule is CC=NOOCC(=O)Nc1cccc(COc2ccc(C(C)(C)C)cc2)c1. The van der Waals surface area contributed by atoms with Crippen molar-refractivity contribution in [3.05, 3.63) is 59.7 Å². The molecule has 6 nitrogen and oxygen atoms in total. The summed E-state index contributed by atoms with van der Waals surface area (Å²) in [5.41, 5.74) is 2.98. The van der Waals surface area contributed by atoms with Crippen LogP contribution in [-0.2, 0) is 26.7 Å². The highest BCUT2D eigenvalue weighted by Gasteiger charge is 2.13. The van der Waals surface area contributed by atoms with Crippen LogP contribution in [0.1, 0.15) is 38.8 Å². The zero-order valence-corrected chi connectivity index (χ0v) is 16.2. The first-order valence-electron chi connectivity index (χ1n) is 8.77. The van der Waals surface area contributed by atoms with E-state index in [0.29, 0.717) is 12.3 Å². The fourth-order valence-electron chi connectivity index (χ4n) is 2.31. The fraction of sp³-hybridized carbons (Fsp3) is 0.333. The molecule has 2 rings (SSSR count). The topological polar surface area (TPSA) is 69.2 Å². The van der Waals surface area contributed by atoms with Crippen LogP contribution in [0.3, 0.4) is 0 Å². The molecule has 1 N–H and O–H groups in total. The van der Waals surface area contributed by atoms with Gasteiger partial charge in [-0.2, -0.15) is 4.89 Å². The number of rotatable bonds is 8. The minimum Gasteiger partial charge on any atom is -0.489 e. The van der Waals surface area contributed by atoms with Gasteiger partial charge < -0.3 is 10.1 Å². The predicted octanol–water partition coefficient (Wildman–Crippen LogP) is 4.46. The van der Waals surface area contributed by atoms with E-state index in [1.807, 2.05) is 30.3 Å². The van der Waals surface area contributed by atoms with Gasteiger partial charge in [0.25, 0.3) is 5.91 Å². The lowest BCUT2D eigenvalue weighted by atomic mass is 9.87. The van der Waals surface area contributed by atoms with E-state index in [4.69, 9.17) is 4.74 Å². The zero-order chi connectivity index (χ0) is 19.7. The van der Waals surface area contributed by atoms with Gasteiger partial charge in [0.15, 0.2) is 6.61 Å². The Kier molecular flexibility index (Phi) is 7.37. The second-order valence-corrected chi connectivity index (χ2v) is 7.01. The lowest BCUT2D eigenvalue weighted by Gasteiger charge is -2.19. The molecule has 0 saturated carbocycles. The molecule has 0 unspecified atom stereocenters. The van der Waals surface area contributed by atoms with Crippen LogP contribution in [-0.4, -0.2) is 18.7 Å². The number of ether oxygens (including phenoxy) is 1. The molecule has 2 aromatic carbocycles. The summed E-state index contributed by atoms with van der Waals surface area (Å²) in [7, 11) is 0. The second kappa shape index (κ2) is 9.73. The number of benzene rings is 2. The molecule has 6 heteroatoms. The van der Waals surface area contributed by atoms with E-state index >= 15 is 0 Å². The average molecular weight is 370 g/mol. The van der Waals surface area contributed by atoms with Gasteiger partial charge in [-0.1, -0.05) is 50.2 Å². The van der Waals surface area contributed by atoms with Gasteiger partial charge in [-0.15, -0.1) is 0 Å². The number of carbonyl (C=O) groups is 1. The van der Waals surface area contributed by atoms with Crippen molar-refractivity contribution >= 4 is 17.8 Å². The van der Waals surface area contributed by atoms with Crippen LogP contribution in [0.15, 0.2) is 53.7 Å². The number of anilines is 1. The van der Waals surface area contributed by atoms with E-state index < -0.39 is 0 Å². The van der Waals surface area contributed by atoms with E-state index in [-0.39, 0.29) is 17.9 Å². The number of hydrogen-bond donors (Lipinski definition) is 1. The summed E-state index contributed by atoms with van der Waals surface area (Å²) in [6.45, 7) is 8.36. The van der Waals surface area contributed by atoms with Crippen LogP contribution in [0.25, 0.3) is 0 Å². The summed E-state index contributed by atoms with van der Waals surface area (Å²) in [5, 5.41) is 6.12. The van der Waals surface area contributed by atoms with Gasteiger partial charge in [-0.3, -0.25) is 4.79 Å². The third-order valence-electron chi connectivity index (χ3n) is 3.73. The minimum absolute atomic E-state index is 0.114. The summed E-state index contributed by atoms with van der Waals surface area (Å²) >= 11 is 0. The number of hydrogen-bond acceptors (Lipinski definition) is 5. The van der Waals surface area contributed by atoms with Crippen molar-refractivity contribution in [3.8, 4) is 5.75 Å². The molecular formula is C21H26N2O4. The van der Waals surface area contributed by atoms with Gasteiger partial charge in [0.1, 0.15) is 12.4 Å². The summed E-state index contributed by atoms with van der Waals surface area (Å²) in [6.07, 6.45) is 1.41. The molecule has 0 atom stereocenters. The Morgan fingerprint density at radius 1 is 1.15 bits per heavy atom. The first kappa shape index (κ1) is 20.5. The third kappa shape index (κ3) is 7.11. The number of oxime groups is 1. The van der Waals surface area contributed by atoms with E-state index in [1.54, 1.807) is 13.0 Å². The van der Waals surface area contributed by atoms with Gasteiger partial charge in [-0.25, -0.2) is 4.99 Å². The van der Waals surface area contributed by atoms with Crippen LogP contribution < -0.4 is 10.1 Å². The summed E-state index contributed by atoms with van der Waals surface area (Å²) in [6, 6.07) is 15.6. The van der Waals surface area contributed by atoms with Crippen molar-refractivity contribution in [3.63, 3.8) is 0 Å². The lowest BCUT2D eigenvalue weighted by Crippen LogP contribution is -2.18. The van der Waals surface area contributed by atoms with E-state index in [2.05, 4.69) is 53.3 Å². The largest absolute Gasteiger partial charge is 0.489 e. The highest BCUT2D eigenvalue weighted by Crippen LogP contribution is 2.24. The van der Waals surface area contributed by atoms with Crippen LogP contribution in [0.5, 0.6) is 5.75 Å². The maximum absolute atomic E-state index is 11.8. The van der Waals surface area contributed by atoms with E-state index in [1.165, 1.54) is 11.8 Å². The number of carbonyl (C=O) groups excluding carboxylic acids is 1. The Morgan fingerprint density at radius 3 is 2.56 bits per heavy atom. The molecule has 1 amide bonds. The second-order valence-electron chi connectivity index (χ2n) is 7.01. The minimum atomic E-state index is -0.336. The number of nitrogens with one attached hydrogen (secondary N) is 1. The Bertz CT molecular complexity index is 764. The molecular weight excluding hydrogens is 344 g/mol. The third-order valence-corrected chi connectivity index (χ3v) is 3.73. The number of nitrogens with zero attached hydrogens (tertiary/aromatic N) is 1. The Morgan fingerprint density at radius 2 is 1.89 bits per heavy atom. The molecule has 0 radical (unpaired) electrons. The molecule has 0 bridgehead atoms. The molecule has 2 aromatic rings. The van der Waals surface area contributed by atoms with Crippen molar-refractivity contribution in [1.29, 1.82) is 0 Å². The van der Waals surface area contributed by atoms with Gasteiger partial charge in [0.2, 0.25) is 0 Å². The van der Waals surface area contributed by atoms with Gasteiger partial charge >= 0.3 is 0 Å². The molecule has 0 spiro atoms. The maximum Gasteiger partial charge on any atom is 0.254 e. The predicted molar refractivity (Wildman–Crippen MR) is 106 cm³/mol. The molecule has 0 aliphatic carbocycles. The fourth-order valence-corrected chi connectivity index (χ4v) is 2.31. The Balaban J connectivity index is 1.87. The normalized spacial score (nSPS) is 11.4. The molecule has 0 aliphatic heterocycles. The van der Waals surface area contributed by atoms with Crippen LogP contribution in [0.4, 0.5) is 5.69 Å². The molecule has 0 aliphatic rings. The molecule has 0 aromatic heterocycles. The van der Waals surface area contributed by atoms with E-state index in [9.17, 15) is 4.79 Å². The highest BCUT2D eigenvalue weighted by atomic mass is 17.3. The number of amides is 1. The molecule has 144 valence electrons. The Hall–Kier alpha value is -2.86. The van der Waals surface area contributed by atoms with Crippen LogP contribution in [0, 0.1) is 0 Å². The smallest absolute Gasteiger partial charge is 0.254 e. The molecule has 0 fully saturated rings. The average Bonchev–Trinajstić information content (AvgIpc) is 2.63. The van der Waals surface area contributed by atoms with Crippen molar-refractivity contribution in [2.24, 2.45) is 5.16 Å². The monoisotopic (exact) mass is 370 g/mol. The Labute approximate surface area is 160 Å². The first-order chi connectivity index (χ1) is 12.9. The molecule has 0 saturated heterocycles. The zero-order valence-electron chi connectivity index (χ0n) is 16.2. The van der Waals surface area contributed by atoms with Gasteiger partial charge in [-0.05, 0) is 47.7 Å². The summed E-state index contributed by atoms with van der Waals surface area (Å²) in [5.74, 6) is 0.469. The van der Waals surface area contributed by atoms with Crippen LogP contribution in [0.2, 0.25) is 0 Å². The summed E-state index contributed by atoms with van der Waals surface area (Å²) < 4.78 is 5.84. The summed E-state index contributed by atoms with van der Waals surface area (Å²) in [4.78, 5) is 20.8. The van der Waals surface area contributed by atoms with Gasteiger partial charge in [0, 0.05) is 11.9 Å². The van der Waals surface area contributed by atoms with Crippen molar-refractivity contribution in [2.45, 2.75) is 39.7 Å². The molecule has 27 heavy (non-hydrogen) atoms. The lowest BCUT2D eigenvalue weighted by molar-refractivity contribution is -0.289. The first-order valence-corrected chi connectivity index (χ1v) is 8.77. The van der Waals surface area contributed by atoms with Gasteiger partial charge in [0.05, 0.1) is 0 Å². The van der Waals surface area contributed by atoms with E-state index in [0.717, 1.165) is 11.3 Å². The van der Waals surface area contributed by atoms with Crippen molar-refractivity contribution in [2.75, 3.05) is 11.9 Å². The van der Waals surface area contributed by atoms with Crippen molar-refractivity contribution in [1.82, 2.24) is 0 Å². The highest BCUT2D eigenvalue weighted by molar-refractivity contribution is 5.91. The molecule has 0 heterocycles. The maximum atomic E-state index is 11.8. The standard InChI is InChI=1S/C21H26N2O4/c1-5-22-27-26-15-20(24)23-18-8-6-7-16(13-18)14-25-19-11-9-17(10-12-19)21(2,3)4/h5-13H,14-15H2,1-4H3,(H,23,24). The van der Waals surface area contributed by atoms with Crippen LogP contribution >= 0.6 is 0 Å². The van der Waals surface area contributed by atoms with Crippen molar-refractivity contribution < 1.29 is 19.4 Å². The quantitative estimate of drug-likeness (QED) is 0.322.